The molecule has 4 rings (SSSR count). The molecule has 0 aliphatic carbocycles. The quantitative estimate of drug-likeness (QED) is 0.566. The van der Waals surface area contributed by atoms with Crippen LogP contribution in [0.25, 0.3) is 11.1 Å². The van der Waals surface area contributed by atoms with Gasteiger partial charge in [-0.15, -0.1) is 11.3 Å². The van der Waals surface area contributed by atoms with E-state index in [1.54, 1.807) is 36.0 Å². The maximum atomic E-state index is 13.5. The Morgan fingerprint density at radius 3 is 2.54 bits per heavy atom. The Morgan fingerprint density at radius 1 is 1.29 bits per heavy atom. The summed E-state index contributed by atoms with van der Waals surface area (Å²) in [6.45, 7) is 3.18. The van der Waals surface area contributed by atoms with Gasteiger partial charge < -0.3 is 5.11 Å². The molecule has 3 heterocycles. The zero-order valence-corrected chi connectivity index (χ0v) is 18.0. The van der Waals surface area contributed by atoms with Crippen molar-refractivity contribution in [2.24, 2.45) is 7.05 Å². The Balaban J connectivity index is 2.02. The van der Waals surface area contributed by atoms with Gasteiger partial charge in [-0.3, -0.25) is 9.69 Å². The van der Waals surface area contributed by atoms with Crippen LogP contribution in [-0.2, 0) is 7.05 Å². The third-order valence-corrected chi connectivity index (χ3v) is 6.46. The van der Waals surface area contributed by atoms with Crippen LogP contribution in [0.1, 0.15) is 17.8 Å². The first-order valence-electron chi connectivity index (χ1n) is 8.50. The average Bonchev–Trinajstić information content (AvgIpc) is 3.22. The second-order valence-electron chi connectivity index (χ2n) is 6.44. The molecule has 6 nitrogen and oxygen atoms in total. The standard InChI is InChI=1S/C18H15Cl3N4O2S/c1-3-24-8-12(13-7-22-17(21)28-13)25-16(27)14(15(26)23(2)18(24)25)9-4-10(19)6-11(20)5-9/h4-7,12H,3,8H2,1-2H3. The molecule has 146 valence electrons. The van der Waals surface area contributed by atoms with Crippen LogP contribution in [0.3, 0.4) is 0 Å². The van der Waals surface area contributed by atoms with Crippen molar-refractivity contribution in [1.82, 2.24) is 9.55 Å². The zero-order chi connectivity index (χ0) is 20.2. The summed E-state index contributed by atoms with van der Waals surface area (Å²) in [4.78, 5) is 20.5. The molecular weight excluding hydrogens is 443 g/mol. The van der Waals surface area contributed by atoms with Crippen molar-refractivity contribution >= 4 is 52.1 Å². The smallest absolute Gasteiger partial charge is 0.362 e. The normalized spacial score (nSPS) is 15.9. The lowest BCUT2D eigenvalue weighted by molar-refractivity contribution is -0.705. The van der Waals surface area contributed by atoms with Crippen LogP contribution in [0.5, 0.6) is 5.88 Å². The van der Waals surface area contributed by atoms with Gasteiger partial charge in [-0.05, 0) is 30.7 Å². The van der Waals surface area contributed by atoms with Gasteiger partial charge in [-0.25, -0.2) is 9.55 Å². The van der Waals surface area contributed by atoms with Gasteiger partial charge in [0.1, 0.15) is 6.54 Å². The van der Waals surface area contributed by atoms with E-state index in [1.807, 2.05) is 11.8 Å². The molecule has 0 saturated heterocycles. The van der Waals surface area contributed by atoms with E-state index in [4.69, 9.17) is 34.8 Å². The van der Waals surface area contributed by atoms with Crippen molar-refractivity contribution in [2.45, 2.75) is 13.0 Å². The minimum Gasteiger partial charge on any atom is -0.848 e. The summed E-state index contributed by atoms with van der Waals surface area (Å²) in [5.74, 6) is 0.167. The van der Waals surface area contributed by atoms with Gasteiger partial charge in [0.25, 0.3) is 0 Å². The third kappa shape index (κ3) is 3.06. The third-order valence-electron chi connectivity index (χ3n) is 4.81. The molecule has 1 aliphatic heterocycles. The van der Waals surface area contributed by atoms with E-state index in [9.17, 15) is 9.90 Å². The molecule has 1 aromatic carbocycles. The van der Waals surface area contributed by atoms with Crippen molar-refractivity contribution in [3.8, 4) is 17.0 Å². The summed E-state index contributed by atoms with van der Waals surface area (Å²) in [5, 5.41) is 13.8. The molecular formula is C18H15Cl3N4O2S. The highest BCUT2D eigenvalue weighted by atomic mass is 35.5. The molecule has 3 aromatic rings. The van der Waals surface area contributed by atoms with Gasteiger partial charge in [-0.2, -0.15) is 4.57 Å². The predicted octanol–water partition coefficient (Wildman–Crippen LogP) is 3.26. The molecule has 10 heteroatoms. The van der Waals surface area contributed by atoms with Gasteiger partial charge in [0.2, 0.25) is 0 Å². The largest absolute Gasteiger partial charge is 0.848 e. The minimum atomic E-state index is -0.393. The molecule has 28 heavy (non-hydrogen) atoms. The SMILES string of the molecule is CCN1CC(c2cnc(Cl)s2)n2c1[n+](C)c([O-])c(-c1cc(Cl)cc(Cl)c1)c2=O. The Hall–Kier alpha value is -1.80. The summed E-state index contributed by atoms with van der Waals surface area (Å²) in [7, 11) is 1.66. The second-order valence-corrected chi connectivity index (χ2v) is 8.96. The number of hydrogen-bond donors (Lipinski definition) is 0. The van der Waals surface area contributed by atoms with Crippen molar-refractivity contribution in [3.05, 3.63) is 54.1 Å². The molecule has 0 amide bonds. The molecule has 1 unspecified atom stereocenters. The van der Waals surface area contributed by atoms with E-state index >= 15 is 0 Å². The van der Waals surface area contributed by atoms with Crippen molar-refractivity contribution < 1.29 is 9.67 Å². The molecule has 0 fully saturated rings. The van der Waals surface area contributed by atoms with E-state index in [1.165, 1.54) is 15.9 Å². The molecule has 1 aliphatic rings. The van der Waals surface area contributed by atoms with Gasteiger partial charge in [0, 0.05) is 22.1 Å². The van der Waals surface area contributed by atoms with Gasteiger partial charge in [0.05, 0.1) is 24.0 Å². The number of rotatable bonds is 3. The lowest BCUT2D eigenvalue weighted by atomic mass is 10.1. The number of hydrogen-bond acceptors (Lipinski definition) is 5. The zero-order valence-electron chi connectivity index (χ0n) is 14.9. The van der Waals surface area contributed by atoms with Crippen LogP contribution in [0, 0.1) is 0 Å². The van der Waals surface area contributed by atoms with Crippen LogP contribution in [0.4, 0.5) is 5.95 Å². The summed E-state index contributed by atoms with van der Waals surface area (Å²) >= 11 is 19.5. The fourth-order valence-corrected chi connectivity index (χ4v) is 5.15. The highest BCUT2D eigenvalue weighted by Crippen LogP contribution is 2.36. The van der Waals surface area contributed by atoms with E-state index in [0.717, 1.165) is 4.88 Å². The van der Waals surface area contributed by atoms with E-state index in [2.05, 4.69) is 4.98 Å². The summed E-state index contributed by atoms with van der Waals surface area (Å²) in [5.41, 5.74) is 0.0468. The van der Waals surface area contributed by atoms with Crippen LogP contribution in [0.15, 0.2) is 29.2 Å². The molecule has 0 N–H and O–H groups in total. The van der Waals surface area contributed by atoms with Crippen LogP contribution >= 0.6 is 46.1 Å². The molecule has 0 radical (unpaired) electrons. The van der Waals surface area contributed by atoms with Gasteiger partial charge in [-0.1, -0.05) is 34.8 Å². The average molecular weight is 458 g/mol. The van der Waals surface area contributed by atoms with Crippen molar-refractivity contribution in [3.63, 3.8) is 0 Å². The summed E-state index contributed by atoms with van der Waals surface area (Å²) in [6, 6.07) is 4.42. The summed E-state index contributed by atoms with van der Waals surface area (Å²) < 4.78 is 3.54. The number of halogens is 3. The molecule has 1 atom stereocenters. The van der Waals surface area contributed by atoms with Crippen LogP contribution in [0.2, 0.25) is 14.5 Å². The second kappa shape index (κ2) is 7.22. The number of likely N-dealkylation sites (N-methyl/N-ethyl adjacent to an activating group) is 1. The molecule has 0 saturated carbocycles. The maximum absolute atomic E-state index is 13.5. The van der Waals surface area contributed by atoms with E-state index in [-0.39, 0.29) is 17.2 Å². The Labute approximate surface area is 180 Å². The number of nitrogens with zero attached hydrogens (tertiary/aromatic N) is 4. The van der Waals surface area contributed by atoms with Gasteiger partial charge >= 0.3 is 11.5 Å². The first kappa shape index (κ1) is 19.5. The minimum absolute atomic E-state index is 0.0363. The maximum Gasteiger partial charge on any atom is 0.362 e. The molecule has 0 bridgehead atoms. The number of fused-ring (bicyclic) bond motifs is 1. The van der Waals surface area contributed by atoms with Crippen molar-refractivity contribution in [1.29, 1.82) is 0 Å². The monoisotopic (exact) mass is 456 g/mol. The van der Waals surface area contributed by atoms with E-state index < -0.39 is 5.88 Å². The highest BCUT2D eigenvalue weighted by Gasteiger charge is 2.41. The van der Waals surface area contributed by atoms with E-state index in [0.29, 0.717) is 39.1 Å². The fourth-order valence-electron chi connectivity index (χ4n) is 3.59. The molecule has 2 aromatic heterocycles. The lowest BCUT2D eigenvalue weighted by Gasteiger charge is -2.19. The van der Waals surface area contributed by atoms with Gasteiger partial charge in [0.15, 0.2) is 10.5 Å². The Bertz CT molecular complexity index is 1120. The van der Waals surface area contributed by atoms with Crippen molar-refractivity contribution in [2.75, 3.05) is 18.0 Å². The Morgan fingerprint density at radius 2 is 1.96 bits per heavy atom. The number of thiazole rings is 1. The first-order valence-corrected chi connectivity index (χ1v) is 10.4. The first-order chi connectivity index (χ1) is 13.3. The Kier molecular flexibility index (Phi) is 5.03. The topological polar surface area (TPSA) is 65.1 Å². The number of benzene rings is 1. The number of anilines is 1. The fraction of sp³-hybridized carbons (Fsp3) is 0.278. The summed E-state index contributed by atoms with van der Waals surface area (Å²) in [6.07, 6.45) is 1.67. The lowest BCUT2D eigenvalue weighted by Crippen LogP contribution is -2.45. The van der Waals surface area contributed by atoms with Crippen LogP contribution in [-0.4, -0.2) is 22.6 Å². The predicted molar refractivity (Wildman–Crippen MR) is 110 cm³/mol. The van der Waals surface area contributed by atoms with Crippen LogP contribution < -0.4 is 20.1 Å². The highest BCUT2D eigenvalue weighted by molar-refractivity contribution is 7.15. The molecule has 0 spiro atoms. The number of aromatic nitrogens is 3.